The van der Waals surface area contributed by atoms with Gasteiger partial charge in [-0.25, -0.2) is 0 Å². The van der Waals surface area contributed by atoms with Crippen molar-refractivity contribution in [1.82, 2.24) is 5.32 Å². The summed E-state index contributed by atoms with van der Waals surface area (Å²) in [6, 6.07) is 6.42. The average Bonchev–Trinajstić information content (AvgIpc) is 2.50. The highest BCUT2D eigenvalue weighted by Gasteiger charge is 2.13. The first-order chi connectivity index (χ1) is 5.42. The van der Waals surface area contributed by atoms with Gasteiger partial charge in [0.05, 0.1) is 5.69 Å². The molecular formula is C10H12N. The second kappa shape index (κ2) is 2.57. The minimum Gasteiger partial charge on any atom is -0.288 e. The smallest absolute Gasteiger partial charge is 0.0605 e. The molecule has 0 spiro atoms. The number of hydrogen-bond donors (Lipinski definition) is 0. The van der Waals surface area contributed by atoms with Crippen molar-refractivity contribution < 1.29 is 0 Å². The van der Waals surface area contributed by atoms with Gasteiger partial charge in [-0.15, -0.1) is 0 Å². The van der Waals surface area contributed by atoms with E-state index in [0.29, 0.717) is 0 Å². The zero-order chi connectivity index (χ0) is 7.68. The van der Waals surface area contributed by atoms with Gasteiger partial charge in [-0.05, 0) is 36.5 Å². The second-order valence-electron chi connectivity index (χ2n) is 2.99. The lowest BCUT2D eigenvalue weighted by atomic mass is 10.1. The summed E-state index contributed by atoms with van der Waals surface area (Å²) in [6.45, 7) is 0. The van der Waals surface area contributed by atoms with E-state index in [2.05, 4.69) is 23.5 Å². The maximum Gasteiger partial charge on any atom is 0.0605 e. The van der Waals surface area contributed by atoms with Crippen LogP contribution in [-0.2, 0) is 12.8 Å². The minimum atomic E-state index is 1.19. The number of rotatable bonds is 1. The maximum absolute atomic E-state index is 4.24. The van der Waals surface area contributed by atoms with Crippen LogP contribution in [0.3, 0.4) is 0 Å². The van der Waals surface area contributed by atoms with Crippen LogP contribution in [0.15, 0.2) is 18.2 Å². The summed E-state index contributed by atoms with van der Waals surface area (Å²) >= 11 is 0. The Kier molecular flexibility index (Phi) is 1.57. The first-order valence-corrected chi connectivity index (χ1v) is 4.12. The van der Waals surface area contributed by atoms with Crippen LogP contribution in [0.2, 0.25) is 0 Å². The highest BCUT2D eigenvalue weighted by atomic mass is 14.8. The third-order valence-corrected chi connectivity index (χ3v) is 2.36. The molecule has 0 N–H and O–H groups in total. The number of fused-ring (bicyclic) bond motifs is 1. The largest absolute Gasteiger partial charge is 0.288 e. The fourth-order valence-corrected chi connectivity index (χ4v) is 1.81. The van der Waals surface area contributed by atoms with Crippen LogP contribution in [0, 0.1) is 0 Å². The molecule has 1 aliphatic carbocycles. The Balaban J connectivity index is 2.50. The van der Waals surface area contributed by atoms with Crippen LogP contribution in [0.25, 0.3) is 0 Å². The van der Waals surface area contributed by atoms with Gasteiger partial charge in [0, 0.05) is 7.05 Å². The number of aryl methyl sites for hydroxylation is 1. The summed E-state index contributed by atoms with van der Waals surface area (Å²) in [7, 11) is 1.87. The molecule has 0 unspecified atom stereocenters. The molecule has 1 radical (unpaired) electrons. The third kappa shape index (κ3) is 1.01. The molecule has 0 saturated carbocycles. The van der Waals surface area contributed by atoms with E-state index in [9.17, 15) is 0 Å². The van der Waals surface area contributed by atoms with Gasteiger partial charge in [0.2, 0.25) is 0 Å². The molecule has 0 bridgehead atoms. The van der Waals surface area contributed by atoms with Crippen LogP contribution < -0.4 is 5.32 Å². The molecule has 0 fully saturated rings. The van der Waals surface area contributed by atoms with Crippen LogP contribution in [-0.4, -0.2) is 7.05 Å². The van der Waals surface area contributed by atoms with Gasteiger partial charge >= 0.3 is 0 Å². The minimum absolute atomic E-state index is 1.19. The van der Waals surface area contributed by atoms with E-state index in [1.165, 1.54) is 36.1 Å². The molecule has 11 heavy (non-hydrogen) atoms. The highest BCUT2D eigenvalue weighted by Crippen LogP contribution is 2.28. The normalized spacial score (nSPS) is 14.6. The Bertz CT molecular complexity index is 266. The fourth-order valence-electron chi connectivity index (χ4n) is 1.81. The van der Waals surface area contributed by atoms with Crippen molar-refractivity contribution in [2.45, 2.75) is 19.3 Å². The molecule has 1 heteroatoms. The van der Waals surface area contributed by atoms with Gasteiger partial charge in [0.15, 0.2) is 0 Å². The third-order valence-electron chi connectivity index (χ3n) is 2.36. The number of benzene rings is 1. The Labute approximate surface area is 67.4 Å². The summed E-state index contributed by atoms with van der Waals surface area (Å²) in [5.41, 5.74) is 4.18. The van der Waals surface area contributed by atoms with E-state index in [1.54, 1.807) is 0 Å². The van der Waals surface area contributed by atoms with E-state index in [4.69, 9.17) is 0 Å². The Morgan fingerprint density at radius 2 is 2.18 bits per heavy atom. The predicted molar refractivity (Wildman–Crippen MR) is 46.2 cm³/mol. The lowest BCUT2D eigenvalue weighted by Crippen LogP contribution is -1.92. The van der Waals surface area contributed by atoms with Gasteiger partial charge in [0.1, 0.15) is 0 Å². The monoisotopic (exact) mass is 146 g/mol. The first kappa shape index (κ1) is 6.71. The lowest BCUT2D eigenvalue weighted by molar-refractivity contribution is 0.907. The van der Waals surface area contributed by atoms with Crippen LogP contribution >= 0.6 is 0 Å². The van der Waals surface area contributed by atoms with E-state index < -0.39 is 0 Å². The average molecular weight is 146 g/mol. The SMILES string of the molecule is C[N]c1cccc2c1CCC2. The molecule has 57 valence electrons. The molecule has 1 aromatic rings. The maximum atomic E-state index is 4.24. The van der Waals surface area contributed by atoms with Crippen molar-refractivity contribution in [3.05, 3.63) is 29.3 Å². The van der Waals surface area contributed by atoms with Gasteiger partial charge in [-0.3, -0.25) is 5.32 Å². The summed E-state index contributed by atoms with van der Waals surface area (Å²) in [5, 5.41) is 4.24. The molecule has 0 atom stereocenters. The summed E-state index contributed by atoms with van der Waals surface area (Å²) in [4.78, 5) is 0. The molecule has 0 amide bonds. The predicted octanol–water partition coefficient (Wildman–Crippen LogP) is 2.04. The van der Waals surface area contributed by atoms with Gasteiger partial charge in [-0.2, -0.15) is 0 Å². The van der Waals surface area contributed by atoms with Crippen molar-refractivity contribution in [3.63, 3.8) is 0 Å². The van der Waals surface area contributed by atoms with Gasteiger partial charge in [0.25, 0.3) is 0 Å². The Hall–Kier alpha value is -0.980. The van der Waals surface area contributed by atoms with Crippen molar-refractivity contribution in [1.29, 1.82) is 0 Å². The molecule has 0 saturated heterocycles. The zero-order valence-electron chi connectivity index (χ0n) is 6.80. The zero-order valence-corrected chi connectivity index (χ0v) is 6.80. The first-order valence-electron chi connectivity index (χ1n) is 4.12. The van der Waals surface area contributed by atoms with Crippen molar-refractivity contribution in [2.24, 2.45) is 0 Å². The second-order valence-corrected chi connectivity index (χ2v) is 2.99. The molecule has 0 heterocycles. The summed E-state index contributed by atoms with van der Waals surface area (Å²) in [6.07, 6.45) is 3.78. The molecule has 1 aliphatic rings. The molecule has 0 aliphatic heterocycles. The van der Waals surface area contributed by atoms with E-state index in [-0.39, 0.29) is 0 Å². The molecule has 0 aromatic heterocycles. The van der Waals surface area contributed by atoms with E-state index >= 15 is 0 Å². The summed E-state index contributed by atoms with van der Waals surface area (Å²) < 4.78 is 0. The number of hydrogen-bond acceptors (Lipinski definition) is 0. The van der Waals surface area contributed by atoms with Gasteiger partial charge in [-0.1, -0.05) is 12.1 Å². The molecule has 1 nitrogen and oxygen atoms in total. The van der Waals surface area contributed by atoms with E-state index in [1.807, 2.05) is 7.05 Å². The molecule has 1 aromatic carbocycles. The Morgan fingerprint density at radius 3 is 3.00 bits per heavy atom. The van der Waals surface area contributed by atoms with Crippen molar-refractivity contribution >= 4 is 5.69 Å². The van der Waals surface area contributed by atoms with Crippen molar-refractivity contribution in [2.75, 3.05) is 7.05 Å². The van der Waals surface area contributed by atoms with Crippen LogP contribution in [0.5, 0.6) is 0 Å². The van der Waals surface area contributed by atoms with Crippen LogP contribution in [0.4, 0.5) is 5.69 Å². The van der Waals surface area contributed by atoms with E-state index in [0.717, 1.165) is 0 Å². The van der Waals surface area contributed by atoms with Crippen molar-refractivity contribution in [3.8, 4) is 0 Å². The standard InChI is InChI=1S/C10H12N/c1-11-10-7-3-5-8-4-2-6-9(8)10/h3,5,7H,2,4,6H2,1H3. The number of nitrogens with zero attached hydrogens (tertiary/aromatic N) is 1. The molecular weight excluding hydrogens is 134 g/mol. The Morgan fingerprint density at radius 1 is 1.27 bits per heavy atom. The highest BCUT2D eigenvalue weighted by molar-refractivity contribution is 5.51. The molecule has 2 rings (SSSR count). The fraction of sp³-hybridized carbons (Fsp3) is 0.400. The summed E-state index contributed by atoms with van der Waals surface area (Å²) in [5.74, 6) is 0. The quantitative estimate of drug-likeness (QED) is 0.575. The van der Waals surface area contributed by atoms with Crippen LogP contribution in [0.1, 0.15) is 17.5 Å². The lowest BCUT2D eigenvalue weighted by Gasteiger charge is -2.03. The van der Waals surface area contributed by atoms with Gasteiger partial charge < -0.3 is 0 Å². The topological polar surface area (TPSA) is 14.1 Å².